The lowest BCUT2D eigenvalue weighted by molar-refractivity contribution is 0.0517. The number of rotatable bonds is 2. The van der Waals surface area contributed by atoms with Gasteiger partial charge in [-0.3, -0.25) is 5.10 Å². The standard InChI is InChI=1S/C11H16N4O2S/c1-3-17-10(16)9-7-6-15(11(18)12-2)5-4-8(7)13-14-9/h3-6H2,1-2H3,(H,12,18)(H,13,14). The molecule has 0 aromatic carbocycles. The van der Waals surface area contributed by atoms with E-state index in [-0.39, 0.29) is 5.97 Å². The average Bonchev–Trinajstić information content (AvgIpc) is 2.80. The van der Waals surface area contributed by atoms with Gasteiger partial charge in [0.15, 0.2) is 10.8 Å². The highest BCUT2D eigenvalue weighted by Crippen LogP contribution is 2.21. The third-order valence-electron chi connectivity index (χ3n) is 2.90. The fourth-order valence-corrected chi connectivity index (χ4v) is 2.15. The zero-order valence-corrected chi connectivity index (χ0v) is 11.3. The molecule has 7 heteroatoms. The number of nitrogens with one attached hydrogen (secondary N) is 2. The van der Waals surface area contributed by atoms with Gasteiger partial charge in [-0.25, -0.2) is 4.79 Å². The van der Waals surface area contributed by atoms with Crippen LogP contribution < -0.4 is 5.32 Å². The summed E-state index contributed by atoms with van der Waals surface area (Å²) in [5.41, 5.74) is 2.25. The lowest BCUT2D eigenvalue weighted by Crippen LogP contribution is -2.41. The maximum absolute atomic E-state index is 11.8. The highest BCUT2D eigenvalue weighted by atomic mass is 32.1. The minimum absolute atomic E-state index is 0.346. The lowest BCUT2D eigenvalue weighted by atomic mass is 10.1. The summed E-state index contributed by atoms with van der Waals surface area (Å²) in [6.07, 6.45) is 0.795. The van der Waals surface area contributed by atoms with Crippen LogP contribution in [-0.4, -0.2) is 46.4 Å². The van der Waals surface area contributed by atoms with Crippen molar-refractivity contribution in [2.75, 3.05) is 20.2 Å². The fourth-order valence-electron chi connectivity index (χ4n) is 1.99. The van der Waals surface area contributed by atoms with E-state index in [4.69, 9.17) is 17.0 Å². The van der Waals surface area contributed by atoms with Gasteiger partial charge in [0.25, 0.3) is 0 Å². The molecule has 98 valence electrons. The molecule has 0 spiro atoms. The molecule has 0 radical (unpaired) electrons. The minimum atomic E-state index is -0.382. The second kappa shape index (κ2) is 5.34. The summed E-state index contributed by atoms with van der Waals surface area (Å²) in [7, 11) is 1.79. The molecule has 1 aromatic rings. The number of carbonyl (C=O) groups is 1. The largest absolute Gasteiger partial charge is 0.461 e. The molecule has 2 heterocycles. The van der Waals surface area contributed by atoms with Crippen LogP contribution in [0.25, 0.3) is 0 Å². The molecular formula is C11H16N4O2S. The van der Waals surface area contributed by atoms with Crippen LogP contribution in [-0.2, 0) is 17.7 Å². The van der Waals surface area contributed by atoms with E-state index in [9.17, 15) is 4.79 Å². The van der Waals surface area contributed by atoms with Crippen LogP contribution >= 0.6 is 12.2 Å². The molecule has 6 nitrogen and oxygen atoms in total. The van der Waals surface area contributed by atoms with Gasteiger partial charge in [-0.15, -0.1) is 0 Å². The Morgan fingerprint density at radius 1 is 1.67 bits per heavy atom. The van der Waals surface area contributed by atoms with Crippen LogP contribution in [0.4, 0.5) is 0 Å². The van der Waals surface area contributed by atoms with Crippen molar-refractivity contribution in [1.82, 2.24) is 20.4 Å². The van der Waals surface area contributed by atoms with Gasteiger partial charge < -0.3 is 15.0 Å². The van der Waals surface area contributed by atoms with E-state index < -0.39 is 0 Å². The summed E-state index contributed by atoms with van der Waals surface area (Å²) in [6, 6.07) is 0. The summed E-state index contributed by atoms with van der Waals surface area (Å²) >= 11 is 5.21. The minimum Gasteiger partial charge on any atom is -0.461 e. The number of hydrogen-bond donors (Lipinski definition) is 2. The molecule has 0 atom stereocenters. The maximum Gasteiger partial charge on any atom is 0.359 e. The number of aromatic amines is 1. The molecule has 0 amide bonds. The SMILES string of the molecule is CCOC(=O)c1n[nH]c2c1CN(C(=S)NC)CC2. The van der Waals surface area contributed by atoms with Crippen molar-refractivity contribution in [3.8, 4) is 0 Å². The van der Waals surface area contributed by atoms with Gasteiger partial charge in [-0.05, 0) is 19.1 Å². The van der Waals surface area contributed by atoms with Crippen molar-refractivity contribution in [2.45, 2.75) is 19.9 Å². The number of thiocarbonyl (C=S) groups is 1. The normalized spacial score (nSPS) is 14.0. The number of nitrogens with zero attached hydrogens (tertiary/aromatic N) is 2. The van der Waals surface area contributed by atoms with Crippen molar-refractivity contribution >= 4 is 23.3 Å². The first-order valence-electron chi connectivity index (χ1n) is 5.87. The molecule has 2 rings (SSSR count). The Hall–Kier alpha value is -1.63. The maximum atomic E-state index is 11.8. The Morgan fingerprint density at radius 3 is 3.11 bits per heavy atom. The van der Waals surface area contributed by atoms with Crippen molar-refractivity contribution in [2.24, 2.45) is 0 Å². The van der Waals surface area contributed by atoms with Gasteiger partial charge in [-0.1, -0.05) is 0 Å². The Kier molecular flexibility index (Phi) is 3.81. The number of hydrogen-bond acceptors (Lipinski definition) is 4. The Balaban J connectivity index is 2.21. The number of aromatic nitrogens is 2. The predicted octanol–water partition coefficient (Wildman–Crippen LogP) is 0.449. The zero-order chi connectivity index (χ0) is 13.1. The van der Waals surface area contributed by atoms with E-state index in [1.807, 2.05) is 4.90 Å². The average molecular weight is 268 g/mol. The van der Waals surface area contributed by atoms with Gasteiger partial charge in [-0.2, -0.15) is 5.10 Å². The molecule has 0 unspecified atom stereocenters. The first kappa shape index (κ1) is 12.8. The smallest absolute Gasteiger partial charge is 0.359 e. The van der Waals surface area contributed by atoms with Gasteiger partial charge in [0.2, 0.25) is 0 Å². The third-order valence-corrected chi connectivity index (χ3v) is 3.37. The molecular weight excluding hydrogens is 252 g/mol. The fraction of sp³-hybridized carbons (Fsp3) is 0.545. The van der Waals surface area contributed by atoms with Crippen LogP contribution in [0.1, 0.15) is 28.7 Å². The monoisotopic (exact) mass is 268 g/mol. The van der Waals surface area contributed by atoms with E-state index in [1.54, 1.807) is 14.0 Å². The molecule has 0 aliphatic carbocycles. The molecule has 0 saturated heterocycles. The summed E-state index contributed by atoms with van der Waals surface area (Å²) in [4.78, 5) is 13.8. The van der Waals surface area contributed by atoms with Crippen LogP contribution in [0.15, 0.2) is 0 Å². The molecule has 1 aliphatic rings. The van der Waals surface area contributed by atoms with Crippen LogP contribution in [0.3, 0.4) is 0 Å². The third kappa shape index (κ3) is 2.31. The first-order chi connectivity index (χ1) is 8.67. The van der Waals surface area contributed by atoms with Crippen molar-refractivity contribution in [1.29, 1.82) is 0 Å². The molecule has 18 heavy (non-hydrogen) atoms. The Morgan fingerprint density at radius 2 is 2.44 bits per heavy atom. The number of fused-ring (bicyclic) bond motifs is 1. The van der Waals surface area contributed by atoms with E-state index in [1.165, 1.54) is 0 Å². The van der Waals surface area contributed by atoms with Crippen molar-refractivity contribution in [3.05, 3.63) is 17.0 Å². The highest BCUT2D eigenvalue weighted by molar-refractivity contribution is 7.80. The number of H-pyrrole nitrogens is 1. The summed E-state index contributed by atoms with van der Waals surface area (Å²) in [6.45, 7) is 3.52. The second-order valence-corrected chi connectivity index (χ2v) is 4.36. The Bertz CT molecular complexity index is 472. The highest BCUT2D eigenvalue weighted by Gasteiger charge is 2.26. The first-order valence-corrected chi connectivity index (χ1v) is 6.28. The number of ether oxygens (including phenoxy) is 1. The summed E-state index contributed by atoms with van der Waals surface area (Å²) in [5.74, 6) is -0.382. The molecule has 1 aliphatic heterocycles. The van der Waals surface area contributed by atoms with Crippen LogP contribution in [0, 0.1) is 0 Å². The number of esters is 1. The van der Waals surface area contributed by atoms with Crippen LogP contribution in [0.2, 0.25) is 0 Å². The van der Waals surface area contributed by atoms with Gasteiger partial charge >= 0.3 is 5.97 Å². The quantitative estimate of drug-likeness (QED) is 0.599. The van der Waals surface area contributed by atoms with Crippen molar-refractivity contribution in [3.63, 3.8) is 0 Å². The molecule has 0 bridgehead atoms. The zero-order valence-electron chi connectivity index (χ0n) is 10.4. The molecule has 0 saturated carbocycles. The second-order valence-electron chi connectivity index (χ2n) is 3.98. The topological polar surface area (TPSA) is 70.2 Å². The molecule has 2 N–H and O–H groups in total. The van der Waals surface area contributed by atoms with Gasteiger partial charge in [0.05, 0.1) is 6.61 Å². The molecule has 0 fully saturated rings. The molecule has 1 aromatic heterocycles. The lowest BCUT2D eigenvalue weighted by Gasteiger charge is -2.28. The van der Waals surface area contributed by atoms with E-state index in [0.717, 1.165) is 24.2 Å². The Labute approximate surface area is 111 Å². The predicted molar refractivity (Wildman–Crippen MR) is 70.3 cm³/mol. The van der Waals surface area contributed by atoms with E-state index in [2.05, 4.69) is 15.5 Å². The summed E-state index contributed by atoms with van der Waals surface area (Å²) < 4.78 is 4.99. The van der Waals surface area contributed by atoms with Gasteiger partial charge in [0, 0.05) is 37.8 Å². The number of carbonyl (C=O) groups excluding carboxylic acids is 1. The summed E-state index contributed by atoms with van der Waals surface area (Å²) in [5, 5.41) is 10.6. The van der Waals surface area contributed by atoms with Crippen molar-refractivity contribution < 1.29 is 9.53 Å². The van der Waals surface area contributed by atoms with E-state index >= 15 is 0 Å². The van der Waals surface area contributed by atoms with E-state index in [0.29, 0.717) is 24.0 Å². The van der Waals surface area contributed by atoms with Crippen LogP contribution in [0.5, 0.6) is 0 Å². The van der Waals surface area contributed by atoms with Gasteiger partial charge in [0.1, 0.15) is 0 Å².